The summed E-state index contributed by atoms with van der Waals surface area (Å²) in [7, 11) is 0. The Bertz CT molecular complexity index is 1510. The molecule has 0 aliphatic rings. The number of benzene rings is 4. The van der Waals surface area contributed by atoms with Crippen molar-refractivity contribution in [3.63, 3.8) is 0 Å². The molecule has 0 fully saturated rings. The maximum absolute atomic E-state index is 12.6. The number of hydrazone groups is 1. The number of nitrogens with one attached hydrogen (secondary N) is 1. The largest absolute Gasteiger partial charge is 0.490 e. The van der Waals surface area contributed by atoms with E-state index < -0.39 is 11.9 Å². The quantitative estimate of drug-likeness (QED) is 0.0849. The number of hydrogen-bond acceptors (Lipinski definition) is 7. The van der Waals surface area contributed by atoms with E-state index in [2.05, 4.69) is 10.5 Å². The number of halogens is 2. The normalized spacial score (nSPS) is 10.7. The molecule has 0 aliphatic carbocycles. The van der Waals surface area contributed by atoms with E-state index >= 15 is 0 Å². The molecule has 0 aromatic heterocycles. The minimum Gasteiger partial charge on any atom is -0.490 e. The highest BCUT2D eigenvalue weighted by atomic mass is 35.5. The third kappa shape index (κ3) is 8.99. The van der Waals surface area contributed by atoms with Crippen molar-refractivity contribution in [2.45, 2.75) is 13.5 Å². The summed E-state index contributed by atoms with van der Waals surface area (Å²) in [5.41, 5.74) is 4.25. The molecule has 0 spiro atoms. The van der Waals surface area contributed by atoms with Gasteiger partial charge >= 0.3 is 5.97 Å². The van der Waals surface area contributed by atoms with Gasteiger partial charge in [0.1, 0.15) is 18.1 Å². The lowest BCUT2D eigenvalue weighted by molar-refractivity contribution is -0.123. The van der Waals surface area contributed by atoms with Crippen LogP contribution in [0.2, 0.25) is 10.0 Å². The van der Waals surface area contributed by atoms with Crippen LogP contribution < -0.4 is 24.4 Å². The predicted octanol–water partition coefficient (Wildman–Crippen LogP) is 6.72. The molecule has 1 N–H and O–H groups in total. The molecule has 4 aromatic carbocycles. The van der Waals surface area contributed by atoms with Gasteiger partial charge in [-0.05, 0) is 78.7 Å². The van der Waals surface area contributed by atoms with Crippen molar-refractivity contribution in [1.82, 2.24) is 5.43 Å². The average Bonchev–Trinajstić information content (AvgIpc) is 2.97. The van der Waals surface area contributed by atoms with Gasteiger partial charge in [0.2, 0.25) is 0 Å². The van der Waals surface area contributed by atoms with Crippen molar-refractivity contribution in [3.8, 4) is 23.0 Å². The Labute approximate surface area is 247 Å². The van der Waals surface area contributed by atoms with Crippen molar-refractivity contribution >= 4 is 41.3 Å². The number of carbonyl (C=O) groups excluding carboxylic acids is 2. The van der Waals surface area contributed by atoms with Gasteiger partial charge < -0.3 is 18.9 Å². The summed E-state index contributed by atoms with van der Waals surface area (Å²) in [5.74, 6) is 0.630. The van der Waals surface area contributed by atoms with Crippen LogP contribution in [0.5, 0.6) is 23.0 Å². The maximum Gasteiger partial charge on any atom is 0.345 e. The van der Waals surface area contributed by atoms with Crippen molar-refractivity contribution in [2.75, 3.05) is 13.2 Å². The summed E-state index contributed by atoms with van der Waals surface area (Å²) in [5, 5.41) is 4.54. The highest BCUT2D eigenvalue weighted by molar-refractivity contribution is 6.36. The van der Waals surface area contributed by atoms with Crippen molar-refractivity contribution in [2.24, 2.45) is 5.10 Å². The topological polar surface area (TPSA) is 95.5 Å². The van der Waals surface area contributed by atoms with Gasteiger partial charge in [0.25, 0.3) is 5.91 Å². The van der Waals surface area contributed by atoms with Crippen LogP contribution in [0.3, 0.4) is 0 Å². The van der Waals surface area contributed by atoms with E-state index in [-0.39, 0.29) is 22.9 Å². The summed E-state index contributed by atoms with van der Waals surface area (Å²) in [4.78, 5) is 24.8. The molecule has 0 aliphatic heterocycles. The Morgan fingerprint density at radius 2 is 1.56 bits per heavy atom. The fourth-order valence-corrected chi connectivity index (χ4v) is 3.99. The second-order valence-corrected chi connectivity index (χ2v) is 9.32. The van der Waals surface area contributed by atoms with Crippen molar-refractivity contribution in [1.29, 1.82) is 0 Å². The molecule has 210 valence electrons. The van der Waals surface area contributed by atoms with Crippen LogP contribution in [0.4, 0.5) is 0 Å². The third-order valence-electron chi connectivity index (χ3n) is 5.47. The van der Waals surface area contributed by atoms with E-state index in [4.69, 9.17) is 42.1 Å². The summed E-state index contributed by atoms with van der Waals surface area (Å²) in [6.45, 7) is 2.36. The molecule has 0 bridgehead atoms. The number of esters is 1. The smallest absolute Gasteiger partial charge is 0.345 e. The average molecular weight is 593 g/mol. The van der Waals surface area contributed by atoms with Gasteiger partial charge in [-0.1, -0.05) is 53.5 Å². The fourth-order valence-electron chi connectivity index (χ4n) is 3.50. The molecule has 0 saturated heterocycles. The lowest BCUT2D eigenvalue weighted by Gasteiger charge is -2.12. The molecule has 1 amide bonds. The summed E-state index contributed by atoms with van der Waals surface area (Å²) in [6, 6.07) is 26.2. The highest BCUT2D eigenvalue weighted by Crippen LogP contribution is 2.30. The van der Waals surface area contributed by atoms with E-state index in [1.165, 1.54) is 18.3 Å². The molecule has 0 radical (unpaired) electrons. The Morgan fingerprint density at radius 3 is 2.27 bits per heavy atom. The molecule has 10 heteroatoms. The van der Waals surface area contributed by atoms with E-state index in [0.717, 1.165) is 5.56 Å². The predicted molar refractivity (Wildman–Crippen MR) is 157 cm³/mol. The second-order valence-electron chi connectivity index (χ2n) is 8.48. The molecular formula is C31H26Cl2N2O6. The van der Waals surface area contributed by atoms with Crippen LogP contribution >= 0.6 is 23.2 Å². The van der Waals surface area contributed by atoms with Crippen LogP contribution in [0.1, 0.15) is 28.4 Å². The lowest BCUT2D eigenvalue weighted by atomic mass is 10.2. The molecule has 8 nitrogen and oxygen atoms in total. The molecule has 41 heavy (non-hydrogen) atoms. The standard InChI is InChI=1S/C31H26Cl2N2O6/c1-2-38-29-16-22(8-15-28(29)41-31(37)26-14-9-23(32)17-27(26)33)18-34-35-30(36)20-40-25-12-10-24(11-13-25)39-19-21-6-4-3-5-7-21/h3-18H,2,19-20H2,1H3,(H,35,36)/b34-18-. The monoisotopic (exact) mass is 592 g/mol. The van der Waals surface area contributed by atoms with Gasteiger partial charge in [0, 0.05) is 5.02 Å². The number of carbonyl (C=O) groups is 2. The molecule has 4 rings (SSSR count). The first-order valence-electron chi connectivity index (χ1n) is 12.6. The first-order chi connectivity index (χ1) is 19.9. The first-order valence-corrected chi connectivity index (χ1v) is 13.3. The molecular weight excluding hydrogens is 567 g/mol. The van der Waals surface area contributed by atoms with E-state index in [1.54, 1.807) is 55.5 Å². The summed E-state index contributed by atoms with van der Waals surface area (Å²) >= 11 is 12.0. The Morgan fingerprint density at radius 1 is 0.829 bits per heavy atom. The summed E-state index contributed by atoms with van der Waals surface area (Å²) in [6.07, 6.45) is 1.43. The number of ether oxygens (including phenoxy) is 4. The number of rotatable bonds is 12. The van der Waals surface area contributed by atoms with Crippen LogP contribution in [0.15, 0.2) is 96.1 Å². The molecule has 0 unspecified atom stereocenters. The minimum absolute atomic E-state index is 0.168. The zero-order valence-corrected chi connectivity index (χ0v) is 23.5. The number of nitrogens with zero attached hydrogens (tertiary/aromatic N) is 1. The Kier molecular flexibility index (Phi) is 10.6. The van der Waals surface area contributed by atoms with Gasteiger partial charge in [0.15, 0.2) is 18.1 Å². The van der Waals surface area contributed by atoms with Gasteiger partial charge in [-0.2, -0.15) is 5.10 Å². The van der Waals surface area contributed by atoms with E-state index in [0.29, 0.717) is 41.0 Å². The van der Waals surface area contributed by atoms with Gasteiger partial charge in [0.05, 0.1) is 23.4 Å². The highest BCUT2D eigenvalue weighted by Gasteiger charge is 2.16. The zero-order valence-electron chi connectivity index (χ0n) is 22.0. The molecule has 4 aromatic rings. The fraction of sp³-hybridized carbons (Fsp3) is 0.129. The SMILES string of the molecule is CCOc1cc(/C=N\NC(=O)COc2ccc(OCc3ccccc3)cc2)ccc1OC(=O)c1ccc(Cl)cc1Cl. The number of hydrogen-bond donors (Lipinski definition) is 1. The lowest BCUT2D eigenvalue weighted by Crippen LogP contribution is -2.24. The molecule has 0 heterocycles. The van der Waals surface area contributed by atoms with Crippen LogP contribution in [-0.2, 0) is 11.4 Å². The number of amides is 1. The van der Waals surface area contributed by atoms with Crippen LogP contribution in [0, 0.1) is 0 Å². The summed E-state index contributed by atoms with van der Waals surface area (Å²) < 4.78 is 22.4. The van der Waals surface area contributed by atoms with Crippen molar-refractivity contribution < 1.29 is 28.5 Å². The Balaban J connectivity index is 1.27. The first kappa shape index (κ1) is 29.5. The Hall–Kier alpha value is -4.53. The van der Waals surface area contributed by atoms with Gasteiger partial charge in [-0.3, -0.25) is 4.79 Å². The van der Waals surface area contributed by atoms with E-state index in [1.807, 2.05) is 30.3 Å². The molecule has 0 saturated carbocycles. The second kappa shape index (κ2) is 14.7. The van der Waals surface area contributed by atoms with Gasteiger partial charge in [-0.15, -0.1) is 0 Å². The third-order valence-corrected chi connectivity index (χ3v) is 6.01. The van der Waals surface area contributed by atoms with E-state index in [9.17, 15) is 9.59 Å². The maximum atomic E-state index is 12.6. The van der Waals surface area contributed by atoms with Crippen LogP contribution in [0.25, 0.3) is 0 Å². The van der Waals surface area contributed by atoms with Crippen LogP contribution in [-0.4, -0.2) is 31.3 Å². The minimum atomic E-state index is -0.657. The van der Waals surface area contributed by atoms with Crippen molar-refractivity contribution in [3.05, 3.63) is 118 Å². The zero-order chi connectivity index (χ0) is 29.0. The van der Waals surface area contributed by atoms with Gasteiger partial charge in [-0.25, -0.2) is 10.2 Å². The molecule has 0 atom stereocenters.